The first-order chi connectivity index (χ1) is 11.6. The molecule has 1 N–H and O–H groups in total. The molecule has 0 saturated heterocycles. The number of para-hydroxylation sites is 1. The Hall–Kier alpha value is -2.31. The molecule has 0 saturated carbocycles. The largest absolute Gasteiger partial charge is 0.325 e. The molecule has 3 rings (SSSR count). The number of hydrogen-bond donors (Lipinski definition) is 1. The summed E-state index contributed by atoms with van der Waals surface area (Å²) in [7, 11) is 0. The predicted octanol–water partition coefficient (Wildman–Crippen LogP) is 3.96. The van der Waals surface area contributed by atoms with E-state index in [2.05, 4.69) is 15.5 Å². The van der Waals surface area contributed by atoms with E-state index in [4.69, 9.17) is 11.6 Å². The minimum absolute atomic E-state index is 0.118. The number of hydrogen-bond acceptors (Lipinski definition) is 4. The minimum atomic E-state index is -0.118. The number of thioether (sulfide) groups is 1. The van der Waals surface area contributed by atoms with Gasteiger partial charge in [-0.15, -0.1) is 10.2 Å². The SMILES string of the molecule is Cc1c(Cl)cccc1NC(=O)CSc1nncn1-c1ccccc1. The van der Waals surface area contributed by atoms with Gasteiger partial charge in [0.25, 0.3) is 0 Å². The maximum atomic E-state index is 12.2. The van der Waals surface area contributed by atoms with Crippen LogP contribution in [0.4, 0.5) is 5.69 Å². The quantitative estimate of drug-likeness (QED) is 0.701. The van der Waals surface area contributed by atoms with Gasteiger partial charge >= 0.3 is 0 Å². The lowest BCUT2D eigenvalue weighted by molar-refractivity contribution is -0.113. The lowest BCUT2D eigenvalue weighted by atomic mass is 10.2. The molecule has 24 heavy (non-hydrogen) atoms. The molecule has 0 aliphatic heterocycles. The van der Waals surface area contributed by atoms with Crippen LogP contribution in [0.3, 0.4) is 0 Å². The zero-order chi connectivity index (χ0) is 16.9. The highest BCUT2D eigenvalue weighted by Gasteiger charge is 2.11. The van der Waals surface area contributed by atoms with Gasteiger partial charge in [0, 0.05) is 16.4 Å². The minimum Gasteiger partial charge on any atom is -0.325 e. The summed E-state index contributed by atoms with van der Waals surface area (Å²) in [6.07, 6.45) is 1.64. The Morgan fingerprint density at radius 2 is 2.00 bits per heavy atom. The van der Waals surface area contributed by atoms with E-state index < -0.39 is 0 Å². The molecule has 1 amide bonds. The van der Waals surface area contributed by atoms with E-state index in [-0.39, 0.29) is 11.7 Å². The molecule has 0 aliphatic carbocycles. The summed E-state index contributed by atoms with van der Waals surface area (Å²) in [5, 5.41) is 12.2. The van der Waals surface area contributed by atoms with Gasteiger partial charge in [0.1, 0.15) is 6.33 Å². The third kappa shape index (κ3) is 3.77. The Labute approximate surface area is 149 Å². The number of carbonyl (C=O) groups is 1. The third-order valence-electron chi connectivity index (χ3n) is 3.42. The summed E-state index contributed by atoms with van der Waals surface area (Å²) in [6, 6.07) is 15.2. The monoisotopic (exact) mass is 358 g/mol. The molecule has 0 atom stereocenters. The maximum absolute atomic E-state index is 12.2. The van der Waals surface area contributed by atoms with Crippen molar-refractivity contribution in [2.24, 2.45) is 0 Å². The van der Waals surface area contributed by atoms with Crippen LogP contribution in [0.2, 0.25) is 5.02 Å². The van der Waals surface area contributed by atoms with E-state index in [9.17, 15) is 4.79 Å². The van der Waals surface area contributed by atoms with Crippen LogP contribution in [0.15, 0.2) is 60.0 Å². The lowest BCUT2D eigenvalue weighted by Gasteiger charge is -2.09. The van der Waals surface area contributed by atoms with Crippen molar-refractivity contribution in [3.63, 3.8) is 0 Å². The molecular weight excluding hydrogens is 344 g/mol. The van der Waals surface area contributed by atoms with Crippen LogP contribution in [-0.4, -0.2) is 26.4 Å². The van der Waals surface area contributed by atoms with Crippen molar-refractivity contribution in [2.75, 3.05) is 11.1 Å². The molecule has 0 fully saturated rings. The second-order valence-corrected chi connectivity index (χ2v) is 6.42. The zero-order valence-electron chi connectivity index (χ0n) is 12.9. The number of anilines is 1. The van der Waals surface area contributed by atoms with Crippen LogP contribution in [0.25, 0.3) is 5.69 Å². The van der Waals surface area contributed by atoms with Crippen LogP contribution in [-0.2, 0) is 4.79 Å². The number of nitrogens with zero attached hydrogens (tertiary/aromatic N) is 3. The molecule has 3 aromatic rings. The Morgan fingerprint density at radius 3 is 2.79 bits per heavy atom. The van der Waals surface area contributed by atoms with Crippen LogP contribution >= 0.6 is 23.4 Å². The van der Waals surface area contributed by atoms with Gasteiger partial charge in [-0.1, -0.05) is 47.6 Å². The van der Waals surface area contributed by atoms with E-state index in [1.54, 1.807) is 12.4 Å². The van der Waals surface area contributed by atoms with Crippen molar-refractivity contribution in [1.29, 1.82) is 0 Å². The predicted molar refractivity (Wildman–Crippen MR) is 96.9 cm³/mol. The van der Waals surface area contributed by atoms with E-state index in [1.165, 1.54) is 11.8 Å². The number of aromatic nitrogens is 3. The van der Waals surface area contributed by atoms with Crippen molar-refractivity contribution in [3.05, 3.63) is 65.4 Å². The smallest absolute Gasteiger partial charge is 0.234 e. The fraction of sp³-hybridized carbons (Fsp3) is 0.118. The van der Waals surface area contributed by atoms with E-state index in [0.29, 0.717) is 10.2 Å². The molecule has 0 spiro atoms. The average molecular weight is 359 g/mol. The number of halogens is 1. The Morgan fingerprint density at radius 1 is 1.21 bits per heavy atom. The first-order valence-corrected chi connectivity index (χ1v) is 8.64. The second kappa shape index (κ2) is 7.51. The topological polar surface area (TPSA) is 59.8 Å². The molecule has 122 valence electrons. The highest BCUT2D eigenvalue weighted by Crippen LogP contribution is 2.24. The summed E-state index contributed by atoms with van der Waals surface area (Å²) in [5.74, 6) is 0.116. The first-order valence-electron chi connectivity index (χ1n) is 7.28. The van der Waals surface area contributed by atoms with Gasteiger partial charge in [-0.2, -0.15) is 0 Å². The van der Waals surface area contributed by atoms with Gasteiger partial charge in [-0.25, -0.2) is 0 Å². The second-order valence-electron chi connectivity index (χ2n) is 5.07. The van der Waals surface area contributed by atoms with Crippen molar-refractivity contribution in [2.45, 2.75) is 12.1 Å². The standard InChI is InChI=1S/C17H15ClN4OS/c1-12-14(18)8-5-9-15(12)20-16(23)10-24-17-21-19-11-22(17)13-6-3-2-4-7-13/h2-9,11H,10H2,1H3,(H,20,23). The third-order valence-corrected chi connectivity index (χ3v) is 4.78. The fourth-order valence-corrected chi connectivity index (χ4v) is 3.05. The van der Waals surface area contributed by atoms with Crippen molar-refractivity contribution in [1.82, 2.24) is 14.8 Å². The summed E-state index contributed by atoms with van der Waals surface area (Å²) in [6.45, 7) is 1.87. The van der Waals surface area contributed by atoms with Crippen LogP contribution < -0.4 is 5.32 Å². The Bertz CT molecular complexity index is 851. The zero-order valence-corrected chi connectivity index (χ0v) is 14.5. The molecular formula is C17H15ClN4OS. The van der Waals surface area contributed by atoms with Gasteiger partial charge in [-0.05, 0) is 36.8 Å². The van der Waals surface area contributed by atoms with Crippen molar-refractivity contribution < 1.29 is 4.79 Å². The van der Waals surface area contributed by atoms with E-state index in [0.717, 1.165) is 16.9 Å². The van der Waals surface area contributed by atoms with Crippen LogP contribution in [0.5, 0.6) is 0 Å². The van der Waals surface area contributed by atoms with Gasteiger partial charge in [-0.3, -0.25) is 9.36 Å². The molecule has 5 nitrogen and oxygen atoms in total. The van der Waals surface area contributed by atoms with Gasteiger partial charge in [0.2, 0.25) is 5.91 Å². The first kappa shape index (κ1) is 16.5. The molecule has 0 aliphatic rings. The highest BCUT2D eigenvalue weighted by molar-refractivity contribution is 7.99. The van der Waals surface area contributed by atoms with Crippen molar-refractivity contribution in [3.8, 4) is 5.69 Å². The van der Waals surface area contributed by atoms with Crippen LogP contribution in [0, 0.1) is 6.92 Å². The number of rotatable bonds is 5. The molecule has 0 bridgehead atoms. The van der Waals surface area contributed by atoms with Gasteiger partial charge in [0.05, 0.1) is 5.75 Å². The summed E-state index contributed by atoms with van der Waals surface area (Å²) in [5.41, 5.74) is 2.53. The maximum Gasteiger partial charge on any atom is 0.234 e. The number of benzene rings is 2. The number of nitrogens with one attached hydrogen (secondary N) is 1. The van der Waals surface area contributed by atoms with Crippen molar-refractivity contribution >= 4 is 35.0 Å². The van der Waals surface area contributed by atoms with Gasteiger partial charge in [0.15, 0.2) is 5.16 Å². The molecule has 2 aromatic carbocycles. The Balaban J connectivity index is 1.65. The molecule has 1 heterocycles. The summed E-state index contributed by atoms with van der Waals surface area (Å²) in [4.78, 5) is 12.2. The number of carbonyl (C=O) groups excluding carboxylic acids is 1. The summed E-state index contributed by atoms with van der Waals surface area (Å²) >= 11 is 7.40. The number of amides is 1. The fourth-order valence-electron chi connectivity index (χ4n) is 2.15. The summed E-state index contributed by atoms with van der Waals surface area (Å²) < 4.78 is 1.85. The van der Waals surface area contributed by atoms with E-state index in [1.807, 2.05) is 54.0 Å². The Kier molecular flexibility index (Phi) is 5.17. The molecule has 7 heteroatoms. The average Bonchev–Trinajstić information content (AvgIpc) is 3.06. The molecule has 0 unspecified atom stereocenters. The molecule has 0 radical (unpaired) electrons. The van der Waals surface area contributed by atoms with E-state index >= 15 is 0 Å². The molecule has 1 aromatic heterocycles. The highest BCUT2D eigenvalue weighted by atomic mass is 35.5. The lowest BCUT2D eigenvalue weighted by Crippen LogP contribution is -2.15. The van der Waals surface area contributed by atoms with Gasteiger partial charge < -0.3 is 5.32 Å². The van der Waals surface area contributed by atoms with Crippen LogP contribution in [0.1, 0.15) is 5.56 Å². The normalized spacial score (nSPS) is 10.6.